The molecule has 3 aromatic rings. The van der Waals surface area contributed by atoms with Crippen LogP contribution in [0.2, 0.25) is 0 Å². The van der Waals surface area contributed by atoms with Gasteiger partial charge in [-0.2, -0.15) is 5.10 Å². The van der Waals surface area contributed by atoms with Crippen molar-refractivity contribution in [2.75, 3.05) is 0 Å². The molecule has 0 bridgehead atoms. The topological polar surface area (TPSA) is 85.8 Å². The SMILES string of the molecule is Cc1ncc(C)n2nc(C=Cc3nc(CNC4CC4)nn3C)nc12. The largest absolute Gasteiger partial charge is 0.307 e. The van der Waals surface area contributed by atoms with Crippen molar-refractivity contribution in [3.63, 3.8) is 0 Å². The number of rotatable bonds is 5. The minimum absolute atomic E-state index is 0.634. The van der Waals surface area contributed by atoms with Crippen molar-refractivity contribution < 1.29 is 0 Å². The Morgan fingerprint density at radius 2 is 2.04 bits per heavy atom. The molecule has 8 heteroatoms. The number of hydrogen-bond acceptors (Lipinski definition) is 6. The summed E-state index contributed by atoms with van der Waals surface area (Å²) in [6.07, 6.45) is 8.06. The molecule has 3 heterocycles. The molecule has 0 atom stereocenters. The molecule has 124 valence electrons. The Morgan fingerprint density at radius 3 is 2.79 bits per heavy atom. The van der Waals surface area contributed by atoms with E-state index in [1.165, 1.54) is 12.8 Å². The van der Waals surface area contributed by atoms with Crippen molar-refractivity contribution in [2.45, 2.75) is 39.3 Å². The fraction of sp³-hybridized carbons (Fsp3) is 0.438. The summed E-state index contributed by atoms with van der Waals surface area (Å²) in [4.78, 5) is 13.4. The highest BCUT2D eigenvalue weighted by Crippen LogP contribution is 2.19. The van der Waals surface area contributed by atoms with E-state index < -0.39 is 0 Å². The zero-order valence-electron chi connectivity index (χ0n) is 14.1. The quantitative estimate of drug-likeness (QED) is 0.761. The van der Waals surface area contributed by atoms with Crippen LogP contribution in [-0.4, -0.2) is 40.4 Å². The fourth-order valence-electron chi connectivity index (χ4n) is 2.52. The Bertz CT molecular complexity index is 877. The Balaban J connectivity index is 1.56. The van der Waals surface area contributed by atoms with E-state index in [1.807, 2.05) is 37.6 Å². The second kappa shape index (κ2) is 5.79. The van der Waals surface area contributed by atoms with Crippen LogP contribution in [0.15, 0.2) is 6.20 Å². The van der Waals surface area contributed by atoms with E-state index in [0.29, 0.717) is 18.4 Å². The molecule has 1 saturated carbocycles. The third kappa shape index (κ3) is 2.92. The van der Waals surface area contributed by atoms with Crippen molar-refractivity contribution in [1.82, 2.24) is 39.7 Å². The minimum Gasteiger partial charge on any atom is -0.307 e. The molecule has 0 aliphatic heterocycles. The lowest BCUT2D eigenvalue weighted by molar-refractivity contribution is 0.645. The Kier molecular flexibility index (Phi) is 3.61. The van der Waals surface area contributed by atoms with E-state index in [9.17, 15) is 0 Å². The molecule has 1 aliphatic rings. The monoisotopic (exact) mass is 324 g/mol. The standard InChI is InChI=1S/C16H20N8/c1-10-8-17-11(2)16-20-13(22-24(10)16)6-7-15-19-14(21-23(15)3)9-18-12-4-5-12/h6-8,12,18H,4-5,9H2,1-3H3. The van der Waals surface area contributed by atoms with Crippen LogP contribution in [0.1, 0.15) is 41.7 Å². The summed E-state index contributed by atoms with van der Waals surface area (Å²) in [5.41, 5.74) is 2.59. The summed E-state index contributed by atoms with van der Waals surface area (Å²) in [6.45, 7) is 4.60. The van der Waals surface area contributed by atoms with E-state index in [-0.39, 0.29) is 0 Å². The molecule has 0 spiro atoms. The Labute approximate surface area is 139 Å². The summed E-state index contributed by atoms with van der Waals surface area (Å²) in [7, 11) is 1.89. The molecule has 0 amide bonds. The molecule has 8 nitrogen and oxygen atoms in total. The molecule has 0 unspecified atom stereocenters. The van der Waals surface area contributed by atoms with Gasteiger partial charge in [0.05, 0.1) is 17.9 Å². The summed E-state index contributed by atoms with van der Waals surface area (Å²) >= 11 is 0. The highest BCUT2D eigenvalue weighted by atomic mass is 15.3. The van der Waals surface area contributed by atoms with Gasteiger partial charge in [-0.3, -0.25) is 4.98 Å². The van der Waals surface area contributed by atoms with Gasteiger partial charge in [-0.1, -0.05) is 0 Å². The predicted molar refractivity (Wildman–Crippen MR) is 90.0 cm³/mol. The first-order chi connectivity index (χ1) is 11.6. The van der Waals surface area contributed by atoms with Gasteiger partial charge in [0.15, 0.2) is 23.1 Å². The van der Waals surface area contributed by atoms with Crippen molar-refractivity contribution >= 4 is 17.8 Å². The summed E-state index contributed by atoms with van der Waals surface area (Å²) in [5, 5.41) is 12.4. The van der Waals surface area contributed by atoms with Gasteiger partial charge in [-0.25, -0.2) is 19.2 Å². The van der Waals surface area contributed by atoms with Gasteiger partial charge < -0.3 is 5.32 Å². The van der Waals surface area contributed by atoms with Crippen molar-refractivity contribution in [3.8, 4) is 0 Å². The van der Waals surface area contributed by atoms with Gasteiger partial charge in [0.1, 0.15) is 0 Å². The fourth-order valence-corrected chi connectivity index (χ4v) is 2.52. The lowest BCUT2D eigenvalue weighted by atomic mass is 10.4. The van der Waals surface area contributed by atoms with Crippen LogP contribution in [0.4, 0.5) is 0 Å². The predicted octanol–water partition coefficient (Wildman–Crippen LogP) is 1.29. The normalized spacial score (nSPS) is 15.0. The highest BCUT2D eigenvalue weighted by Gasteiger charge is 2.20. The minimum atomic E-state index is 0.634. The Morgan fingerprint density at radius 1 is 1.21 bits per heavy atom. The number of fused-ring (bicyclic) bond motifs is 1. The molecule has 24 heavy (non-hydrogen) atoms. The van der Waals surface area contributed by atoms with Crippen LogP contribution in [0.25, 0.3) is 17.8 Å². The summed E-state index contributed by atoms with van der Waals surface area (Å²) in [6, 6.07) is 0.648. The number of aromatic nitrogens is 7. The first kappa shape index (κ1) is 14.9. The summed E-state index contributed by atoms with van der Waals surface area (Å²) in [5.74, 6) is 2.23. The van der Waals surface area contributed by atoms with Crippen LogP contribution in [0.5, 0.6) is 0 Å². The average Bonchev–Trinajstić information content (AvgIpc) is 3.17. The first-order valence-corrected chi connectivity index (χ1v) is 8.10. The molecule has 4 rings (SSSR count). The molecule has 0 saturated heterocycles. The van der Waals surface area contributed by atoms with Gasteiger partial charge in [0.2, 0.25) is 0 Å². The van der Waals surface area contributed by atoms with Crippen LogP contribution < -0.4 is 5.32 Å². The van der Waals surface area contributed by atoms with Gasteiger partial charge >= 0.3 is 0 Å². The first-order valence-electron chi connectivity index (χ1n) is 8.10. The van der Waals surface area contributed by atoms with Crippen molar-refractivity contribution in [3.05, 3.63) is 35.1 Å². The zero-order valence-corrected chi connectivity index (χ0v) is 14.1. The number of hydrogen-bond donors (Lipinski definition) is 1. The van der Waals surface area contributed by atoms with E-state index >= 15 is 0 Å². The number of aryl methyl sites for hydroxylation is 3. The van der Waals surface area contributed by atoms with E-state index in [2.05, 4.69) is 30.5 Å². The molecule has 3 aromatic heterocycles. The van der Waals surface area contributed by atoms with Gasteiger partial charge in [0, 0.05) is 19.3 Å². The van der Waals surface area contributed by atoms with Gasteiger partial charge in [-0.15, -0.1) is 5.10 Å². The maximum Gasteiger partial charge on any atom is 0.177 e. The van der Waals surface area contributed by atoms with Gasteiger partial charge in [0.25, 0.3) is 0 Å². The molecule has 0 aromatic carbocycles. The highest BCUT2D eigenvalue weighted by molar-refractivity contribution is 5.64. The molecule has 1 fully saturated rings. The maximum atomic E-state index is 4.54. The van der Waals surface area contributed by atoms with Crippen molar-refractivity contribution in [1.29, 1.82) is 0 Å². The lowest BCUT2D eigenvalue weighted by Crippen LogP contribution is -2.16. The van der Waals surface area contributed by atoms with Crippen LogP contribution in [-0.2, 0) is 13.6 Å². The smallest absolute Gasteiger partial charge is 0.177 e. The molecular weight excluding hydrogens is 304 g/mol. The molecule has 1 N–H and O–H groups in total. The number of nitrogens with one attached hydrogen (secondary N) is 1. The lowest BCUT2D eigenvalue weighted by Gasteiger charge is -1.97. The molecule has 1 aliphatic carbocycles. The van der Waals surface area contributed by atoms with Crippen LogP contribution in [0, 0.1) is 13.8 Å². The van der Waals surface area contributed by atoms with E-state index in [4.69, 9.17) is 0 Å². The third-order valence-electron chi connectivity index (χ3n) is 4.07. The van der Waals surface area contributed by atoms with E-state index in [0.717, 1.165) is 28.7 Å². The average molecular weight is 324 g/mol. The van der Waals surface area contributed by atoms with E-state index in [1.54, 1.807) is 10.9 Å². The maximum absolute atomic E-state index is 4.54. The number of nitrogens with zero attached hydrogens (tertiary/aromatic N) is 7. The van der Waals surface area contributed by atoms with Gasteiger partial charge in [-0.05, 0) is 38.8 Å². The van der Waals surface area contributed by atoms with Crippen LogP contribution in [0.3, 0.4) is 0 Å². The Hall–Kier alpha value is -2.61. The van der Waals surface area contributed by atoms with Crippen molar-refractivity contribution in [2.24, 2.45) is 7.05 Å². The summed E-state index contributed by atoms with van der Waals surface area (Å²) < 4.78 is 3.58. The molecular formula is C16H20N8. The molecule has 0 radical (unpaired) electrons. The second-order valence-electron chi connectivity index (χ2n) is 6.19. The van der Waals surface area contributed by atoms with Crippen LogP contribution >= 0.6 is 0 Å². The third-order valence-corrected chi connectivity index (χ3v) is 4.07. The second-order valence-corrected chi connectivity index (χ2v) is 6.19. The zero-order chi connectivity index (χ0) is 16.7.